The topological polar surface area (TPSA) is 81.9 Å². The van der Waals surface area contributed by atoms with Gasteiger partial charge in [0.15, 0.2) is 6.10 Å². The molecular weight excluding hydrogens is 407 g/mol. The van der Waals surface area contributed by atoms with Crippen molar-refractivity contribution in [3.8, 4) is 11.5 Å². The smallest absolute Gasteiger partial charge is 0.257 e. The Morgan fingerprint density at radius 1 is 1.23 bits per heavy atom. The third-order valence-electron chi connectivity index (χ3n) is 3.89. The van der Waals surface area contributed by atoms with Gasteiger partial charge < -0.3 is 20.1 Å². The van der Waals surface area contributed by atoms with Gasteiger partial charge in [-0.1, -0.05) is 15.9 Å². The number of ether oxygens (including phenoxy) is 2. The van der Waals surface area contributed by atoms with Gasteiger partial charge in [-0.3, -0.25) is 9.59 Å². The average Bonchev–Trinajstić information content (AvgIpc) is 2.63. The minimum Gasteiger partial charge on any atom is -0.456 e. The molecular formula is C18H16BrFN2O4. The summed E-state index contributed by atoms with van der Waals surface area (Å²) in [5.41, 5.74) is 5.59. The molecule has 1 fully saturated rings. The van der Waals surface area contributed by atoms with Crippen LogP contribution >= 0.6 is 15.9 Å². The van der Waals surface area contributed by atoms with E-state index >= 15 is 0 Å². The van der Waals surface area contributed by atoms with E-state index in [9.17, 15) is 14.0 Å². The number of nitrogens with two attached hydrogens (primary N) is 1. The number of amides is 2. The number of nitrogens with zero attached hydrogens (tertiary/aromatic N) is 1. The average molecular weight is 423 g/mol. The fourth-order valence-electron chi connectivity index (χ4n) is 2.56. The molecule has 2 aromatic rings. The van der Waals surface area contributed by atoms with Crippen molar-refractivity contribution >= 4 is 27.7 Å². The highest BCUT2D eigenvalue weighted by Crippen LogP contribution is 2.30. The van der Waals surface area contributed by atoms with E-state index in [2.05, 4.69) is 15.9 Å². The summed E-state index contributed by atoms with van der Waals surface area (Å²) in [6.45, 7) is 0.652. The molecule has 0 aromatic heterocycles. The standard InChI is InChI=1S/C18H16BrFN2O4/c19-11-1-6-14(15(9-11)26-13-4-2-12(20)3-5-13)18(24)22-7-8-25-16(10-22)17(21)23/h1-6,9,16H,7-8,10H2,(H2,21,23)/t16-/m1/s1. The van der Waals surface area contributed by atoms with Gasteiger partial charge in [0.1, 0.15) is 17.3 Å². The second-order valence-corrected chi connectivity index (χ2v) is 6.63. The van der Waals surface area contributed by atoms with E-state index in [1.54, 1.807) is 18.2 Å². The highest BCUT2D eigenvalue weighted by molar-refractivity contribution is 9.10. The van der Waals surface area contributed by atoms with Crippen molar-refractivity contribution in [1.82, 2.24) is 4.90 Å². The number of primary amides is 1. The number of benzene rings is 2. The third-order valence-corrected chi connectivity index (χ3v) is 4.38. The summed E-state index contributed by atoms with van der Waals surface area (Å²) in [5, 5.41) is 0. The van der Waals surface area contributed by atoms with E-state index in [0.29, 0.717) is 23.6 Å². The number of morpholine rings is 1. The molecule has 8 heteroatoms. The van der Waals surface area contributed by atoms with E-state index < -0.39 is 12.0 Å². The van der Waals surface area contributed by atoms with Crippen LogP contribution in [0.3, 0.4) is 0 Å². The predicted molar refractivity (Wildman–Crippen MR) is 95.5 cm³/mol. The lowest BCUT2D eigenvalue weighted by Crippen LogP contribution is -2.50. The first-order valence-corrected chi connectivity index (χ1v) is 8.66. The number of hydrogen-bond donors (Lipinski definition) is 1. The third kappa shape index (κ3) is 4.20. The van der Waals surface area contributed by atoms with Crippen LogP contribution in [0.2, 0.25) is 0 Å². The van der Waals surface area contributed by atoms with E-state index in [4.69, 9.17) is 15.2 Å². The Balaban J connectivity index is 1.85. The zero-order valence-corrected chi connectivity index (χ0v) is 15.2. The van der Waals surface area contributed by atoms with Crippen molar-refractivity contribution < 1.29 is 23.5 Å². The predicted octanol–water partition coefficient (Wildman–Crippen LogP) is 2.71. The van der Waals surface area contributed by atoms with Gasteiger partial charge in [0, 0.05) is 11.0 Å². The van der Waals surface area contributed by atoms with Crippen molar-refractivity contribution in [1.29, 1.82) is 0 Å². The lowest BCUT2D eigenvalue weighted by Gasteiger charge is -2.31. The molecule has 2 N–H and O–H groups in total. The molecule has 0 bridgehead atoms. The van der Waals surface area contributed by atoms with Crippen LogP contribution in [-0.2, 0) is 9.53 Å². The van der Waals surface area contributed by atoms with E-state index in [0.717, 1.165) is 4.47 Å². The summed E-state index contributed by atoms with van der Waals surface area (Å²) < 4.78 is 24.8. The first kappa shape index (κ1) is 18.3. The molecule has 0 radical (unpaired) electrons. The molecule has 26 heavy (non-hydrogen) atoms. The largest absolute Gasteiger partial charge is 0.456 e. The second-order valence-electron chi connectivity index (χ2n) is 5.71. The van der Waals surface area contributed by atoms with Gasteiger partial charge in [-0.15, -0.1) is 0 Å². The summed E-state index contributed by atoms with van der Waals surface area (Å²) in [6.07, 6.45) is -0.829. The summed E-state index contributed by atoms with van der Waals surface area (Å²) in [7, 11) is 0. The van der Waals surface area contributed by atoms with Crippen molar-refractivity contribution in [3.05, 3.63) is 58.3 Å². The first-order chi connectivity index (χ1) is 12.4. The normalized spacial score (nSPS) is 17.0. The summed E-state index contributed by atoms with van der Waals surface area (Å²) in [5.74, 6) is -0.576. The number of rotatable bonds is 4. The molecule has 0 spiro atoms. The lowest BCUT2D eigenvalue weighted by molar-refractivity contribution is -0.133. The summed E-state index contributed by atoms with van der Waals surface area (Å²) in [4.78, 5) is 25.7. The zero-order valence-electron chi connectivity index (χ0n) is 13.7. The Kier molecular flexibility index (Phi) is 5.53. The van der Waals surface area contributed by atoms with Gasteiger partial charge in [0.25, 0.3) is 5.91 Å². The summed E-state index contributed by atoms with van der Waals surface area (Å²) >= 11 is 3.35. The Bertz CT molecular complexity index is 828. The monoisotopic (exact) mass is 422 g/mol. The Morgan fingerprint density at radius 3 is 2.65 bits per heavy atom. The number of carbonyl (C=O) groups excluding carboxylic acids is 2. The van der Waals surface area contributed by atoms with Crippen LogP contribution in [0.15, 0.2) is 46.9 Å². The zero-order chi connectivity index (χ0) is 18.7. The maximum atomic E-state index is 13.1. The second kappa shape index (κ2) is 7.84. The van der Waals surface area contributed by atoms with Gasteiger partial charge in [0.05, 0.1) is 18.7 Å². The minimum absolute atomic E-state index is 0.0836. The fraction of sp³-hybridized carbons (Fsp3) is 0.222. The maximum absolute atomic E-state index is 13.1. The van der Waals surface area contributed by atoms with Crippen LogP contribution in [-0.4, -0.2) is 42.5 Å². The molecule has 6 nitrogen and oxygen atoms in total. The van der Waals surface area contributed by atoms with Crippen molar-refractivity contribution in [2.75, 3.05) is 19.7 Å². The quantitative estimate of drug-likeness (QED) is 0.820. The van der Waals surface area contributed by atoms with E-state index in [1.165, 1.54) is 29.2 Å². The van der Waals surface area contributed by atoms with Gasteiger partial charge in [0.2, 0.25) is 5.91 Å². The molecule has 0 saturated carbocycles. The van der Waals surface area contributed by atoms with Crippen molar-refractivity contribution in [3.63, 3.8) is 0 Å². The SMILES string of the molecule is NC(=O)[C@H]1CN(C(=O)c2ccc(Br)cc2Oc2ccc(F)cc2)CCO1. The van der Waals surface area contributed by atoms with E-state index in [-0.39, 0.29) is 24.9 Å². The Labute approximate surface area is 157 Å². The van der Waals surface area contributed by atoms with Gasteiger partial charge in [-0.25, -0.2) is 4.39 Å². The molecule has 3 rings (SSSR count). The maximum Gasteiger partial charge on any atom is 0.257 e. The molecule has 1 aliphatic rings. The number of carbonyl (C=O) groups is 2. The molecule has 2 amide bonds. The van der Waals surface area contributed by atoms with Crippen LogP contribution in [0.25, 0.3) is 0 Å². The highest BCUT2D eigenvalue weighted by atomic mass is 79.9. The van der Waals surface area contributed by atoms with Gasteiger partial charge >= 0.3 is 0 Å². The molecule has 2 aromatic carbocycles. The highest BCUT2D eigenvalue weighted by Gasteiger charge is 2.29. The van der Waals surface area contributed by atoms with Crippen molar-refractivity contribution in [2.24, 2.45) is 5.73 Å². The van der Waals surface area contributed by atoms with Crippen LogP contribution in [0, 0.1) is 5.82 Å². The Hall–Kier alpha value is -2.45. The Morgan fingerprint density at radius 2 is 1.96 bits per heavy atom. The molecule has 136 valence electrons. The fourth-order valence-corrected chi connectivity index (χ4v) is 2.90. The molecule has 1 atom stereocenters. The van der Waals surface area contributed by atoms with Gasteiger partial charge in [-0.05, 0) is 42.5 Å². The van der Waals surface area contributed by atoms with E-state index in [1.807, 2.05) is 0 Å². The van der Waals surface area contributed by atoms with Crippen LogP contribution < -0.4 is 10.5 Å². The molecule has 0 aliphatic carbocycles. The molecule has 0 unspecified atom stereocenters. The number of hydrogen-bond acceptors (Lipinski definition) is 4. The van der Waals surface area contributed by atoms with Gasteiger partial charge in [-0.2, -0.15) is 0 Å². The van der Waals surface area contributed by atoms with Crippen LogP contribution in [0.4, 0.5) is 4.39 Å². The first-order valence-electron chi connectivity index (χ1n) is 7.87. The number of halogens is 2. The lowest BCUT2D eigenvalue weighted by atomic mass is 10.1. The molecule has 1 heterocycles. The van der Waals surface area contributed by atoms with Crippen molar-refractivity contribution in [2.45, 2.75) is 6.10 Å². The molecule has 1 aliphatic heterocycles. The summed E-state index contributed by atoms with van der Waals surface area (Å²) in [6, 6.07) is 10.5. The minimum atomic E-state index is -0.829. The van der Waals surface area contributed by atoms with Crippen LogP contribution in [0.1, 0.15) is 10.4 Å². The molecule has 1 saturated heterocycles. The van der Waals surface area contributed by atoms with Crippen LogP contribution in [0.5, 0.6) is 11.5 Å².